The molecule has 0 spiro atoms. The molecular weight excluding hydrogens is 368 g/mol. The van der Waals surface area contributed by atoms with Crippen LogP contribution in [0.3, 0.4) is 0 Å². The predicted octanol–water partition coefficient (Wildman–Crippen LogP) is 2.66. The van der Waals surface area contributed by atoms with E-state index in [2.05, 4.69) is 10.4 Å². The van der Waals surface area contributed by atoms with Gasteiger partial charge in [-0.25, -0.2) is 14.3 Å². The number of amides is 2. The third-order valence-corrected chi connectivity index (χ3v) is 4.65. The summed E-state index contributed by atoms with van der Waals surface area (Å²) in [6.07, 6.45) is 0.601. The minimum absolute atomic E-state index is 0.195. The first-order valence-electron chi connectivity index (χ1n) is 8.98. The van der Waals surface area contributed by atoms with Gasteiger partial charge in [-0.2, -0.15) is 5.10 Å². The molecule has 2 heterocycles. The maximum atomic E-state index is 12.4. The molecule has 1 aliphatic rings. The number of nitrogens with one attached hydrogen (secondary N) is 1. The minimum atomic E-state index is -0.470. The van der Waals surface area contributed by atoms with Gasteiger partial charge in [0.1, 0.15) is 0 Å². The highest BCUT2D eigenvalue weighted by Crippen LogP contribution is 2.26. The van der Waals surface area contributed by atoms with E-state index in [1.165, 1.54) is 0 Å². The Labute approximate surface area is 163 Å². The second-order valence-corrected chi connectivity index (χ2v) is 6.71. The van der Waals surface area contributed by atoms with Gasteiger partial charge in [0.05, 0.1) is 24.5 Å². The summed E-state index contributed by atoms with van der Waals surface area (Å²) in [6.45, 7) is 5.30. The average Bonchev–Trinajstić information content (AvgIpc) is 3.06. The molecule has 0 unspecified atom stereocenters. The van der Waals surface area contributed by atoms with Crippen molar-refractivity contribution >= 4 is 23.6 Å². The van der Waals surface area contributed by atoms with E-state index in [0.29, 0.717) is 31.9 Å². The van der Waals surface area contributed by atoms with Crippen molar-refractivity contribution in [1.82, 2.24) is 20.0 Å². The van der Waals surface area contributed by atoms with Gasteiger partial charge in [-0.05, 0) is 26.0 Å². The van der Waals surface area contributed by atoms with Crippen molar-refractivity contribution < 1.29 is 14.3 Å². The topological polar surface area (TPSA) is 76.5 Å². The summed E-state index contributed by atoms with van der Waals surface area (Å²) in [5.74, 6) is -0.118. The number of hydrogen-bond acceptors (Lipinski definition) is 4. The van der Waals surface area contributed by atoms with Crippen LogP contribution in [0, 0.1) is 6.92 Å². The van der Waals surface area contributed by atoms with E-state index in [9.17, 15) is 9.59 Å². The molecule has 2 amide bonds. The second-order valence-electron chi connectivity index (χ2n) is 6.33. The molecule has 0 fully saturated rings. The van der Waals surface area contributed by atoms with Crippen LogP contribution < -0.4 is 5.32 Å². The van der Waals surface area contributed by atoms with Crippen molar-refractivity contribution in [2.75, 3.05) is 25.6 Å². The fraction of sp³-hybridized carbons (Fsp3) is 0.421. The van der Waals surface area contributed by atoms with Crippen LogP contribution in [0.4, 0.5) is 4.79 Å². The van der Waals surface area contributed by atoms with Crippen molar-refractivity contribution in [2.24, 2.45) is 0 Å². The quantitative estimate of drug-likeness (QED) is 0.629. The number of rotatable bonds is 5. The van der Waals surface area contributed by atoms with E-state index < -0.39 is 5.97 Å². The summed E-state index contributed by atoms with van der Waals surface area (Å²) in [7, 11) is 0. The predicted molar refractivity (Wildman–Crippen MR) is 102 cm³/mol. The van der Waals surface area contributed by atoms with Crippen LogP contribution in [0.25, 0.3) is 5.69 Å². The number of esters is 1. The number of fused-ring (bicyclic) bond motifs is 1. The zero-order valence-corrected chi connectivity index (χ0v) is 16.3. The van der Waals surface area contributed by atoms with Gasteiger partial charge in [0, 0.05) is 31.0 Å². The Balaban J connectivity index is 1.97. The molecule has 144 valence electrons. The van der Waals surface area contributed by atoms with E-state index in [4.69, 9.17) is 16.3 Å². The number of hydrogen-bond donors (Lipinski definition) is 1. The fourth-order valence-corrected chi connectivity index (χ4v) is 3.22. The van der Waals surface area contributed by atoms with Crippen LogP contribution in [-0.2, 0) is 17.7 Å². The molecule has 1 aromatic carbocycles. The summed E-state index contributed by atoms with van der Waals surface area (Å²) < 4.78 is 6.96. The zero-order chi connectivity index (χ0) is 19.4. The molecule has 27 heavy (non-hydrogen) atoms. The van der Waals surface area contributed by atoms with Gasteiger partial charge in [-0.3, -0.25) is 0 Å². The van der Waals surface area contributed by atoms with E-state index in [0.717, 1.165) is 22.5 Å². The summed E-state index contributed by atoms with van der Waals surface area (Å²) >= 11 is 5.64. The Kier molecular flexibility index (Phi) is 6.01. The lowest BCUT2D eigenvalue weighted by molar-refractivity contribution is 0.0516. The van der Waals surface area contributed by atoms with Crippen LogP contribution in [0.1, 0.15) is 34.2 Å². The largest absolute Gasteiger partial charge is 0.461 e. The average molecular weight is 391 g/mol. The van der Waals surface area contributed by atoms with Crippen molar-refractivity contribution in [3.05, 3.63) is 46.8 Å². The number of benzene rings is 1. The molecular formula is C19H23ClN4O3. The highest BCUT2D eigenvalue weighted by atomic mass is 35.5. The molecule has 2 aromatic rings. The van der Waals surface area contributed by atoms with Crippen molar-refractivity contribution in [3.8, 4) is 5.69 Å². The van der Waals surface area contributed by atoms with Gasteiger partial charge in [-0.15, -0.1) is 11.6 Å². The zero-order valence-electron chi connectivity index (χ0n) is 15.5. The number of nitrogens with zero attached hydrogens (tertiary/aromatic N) is 3. The lowest BCUT2D eigenvalue weighted by atomic mass is 10.0. The van der Waals surface area contributed by atoms with E-state index in [1.807, 2.05) is 31.2 Å². The normalized spacial score (nSPS) is 13.2. The van der Waals surface area contributed by atoms with Gasteiger partial charge in [-0.1, -0.05) is 17.7 Å². The smallest absolute Gasteiger partial charge is 0.359 e. The van der Waals surface area contributed by atoms with Crippen LogP contribution in [0.5, 0.6) is 0 Å². The molecule has 0 saturated heterocycles. The van der Waals surface area contributed by atoms with E-state index >= 15 is 0 Å². The van der Waals surface area contributed by atoms with E-state index in [1.54, 1.807) is 16.5 Å². The molecule has 1 aliphatic heterocycles. The number of aromatic nitrogens is 2. The number of aryl methyl sites for hydroxylation is 1. The Bertz CT molecular complexity index is 832. The maximum absolute atomic E-state index is 12.4. The number of carbonyl (C=O) groups is 2. The number of carbonyl (C=O) groups excluding carboxylic acids is 2. The lowest BCUT2D eigenvalue weighted by Gasteiger charge is -2.27. The first kappa shape index (κ1) is 19.2. The minimum Gasteiger partial charge on any atom is -0.461 e. The molecule has 7 nitrogen and oxygen atoms in total. The monoisotopic (exact) mass is 390 g/mol. The number of halogens is 1. The fourth-order valence-electron chi connectivity index (χ4n) is 3.12. The van der Waals surface area contributed by atoms with Crippen molar-refractivity contribution in [3.63, 3.8) is 0 Å². The Hall–Kier alpha value is -2.54. The van der Waals surface area contributed by atoms with Gasteiger partial charge < -0.3 is 15.0 Å². The summed E-state index contributed by atoms with van der Waals surface area (Å²) in [5.41, 5.74) is 3.96. The van der Waals surface area contributed by atoms with Crippen molar-refractivity contribution in [2.45, 2.75) is 26.8 Å². The van der Waals surface area contributed by atoms with Gasteiger partial charge in [0.25, 0.3) is 0 Å². The van der Waals surface area contributed by atoms with Gasteiger partial charge in [0.15, 0.2) is 5.69 Å². The second kappa shape index (κ2) is 8.43. The molecule has 0 bridgehead atoms. The van der Waals surface area contributed by atoms with Crippen molar-refractivity contribution in [1.29, 1.82) is 0 Å². The molecule has 0 saturated carbocycles. The third-order valence-electron chi connectivity index (χ3n) is 4.46. The summed E-state index contributed by atoms with van der Waals surface area (Å²) in [6, 6.07) is 7.75. The summed E-state index contributed by atoms with van der Waals surface area (Å²) in [4.78, 5) is 26.4. The first-order valence-corrected chi connectivity index (χ1v) is 9.52. The molecule has 8 heteroatoms. The molecule has 1 N–H and O–H groups in total. The lowest BCUT2D eigenvalue weighted by Crippen LogP contribution is -2.43. The number of urea groups is 1. The third kappa shape index (κ3) is 4.08. The van der Waals surface area contributed by atoms with Crippen LogP contribution >= 0.6 is 11.6 Å². The Morgan fingerprint density at radius 3 is 2.70 bits per heavy atom. The van der Waals surface area contributed by atoms with Gasteiger partial charge in [0.2, 0.25) is 0 Å². The molecule has 1 aromatic heterocycles. The van der Waals surface area contributed by atoms with Crippen LogP contribution in [0.15, 0.2) is 24.3 Å². The van der Waals surface area contributed by atoms with Crippen LogP contribution in [-0.4, -0.2) is 52.3 Å². The molecule has 3 rings (SSSR count). The highest BCUT2D eigenvalue weighted by Gasteiger charge is 2.31. The highest BCUT2D eigenvalue weighted by molar-refractivity contribution is 6.18. The van der Waals surface area contributed by atoms with Gasteiger partial charge >= 0.3 is 12.0 Å². The van der Waals surface area contributed by atoms with Crippen LogP contribution in [0.2, 0.25) is 0 Å². The number of ether oxygens (including phenoxy) is 1. The van der Waals surface area contributed by atoms with E-state index in [-0.39, 0.29) is 18.3 Å². The molecule has 0 aliphatic carbocycles. The molecule has 0 atom stereocenters. The Morgan fingerprint density at radius 2 is 2.04 bits per heavy atom. The standard InChI is InChI=1S/C19H23ClN4O3/c1-3-27-18(25)17-15-12-23(19(26)21-10-9-20)11-8-16(15)24(22-17)14-6-4-13(2)5-7-14/h4-7H,3,8-12H2,1-2H3,(H,21,26). The molecule has 0 radical (unpaired) electrons. The first-order chi connectivity index (χ1) is 13.0. The Morgan fingerprint density at radius 1 is 1.30 bits per heavy atom. The summed E-state index contributed by atoms with van der Waals surface area (Å²) in [5, 5.41) is 7.29. The number of alkyl halides is 1. The maximum Gasteiger partial charge on any atom is 0.359 e. The SMILES string of the molecule is CCOC(=O)c1nn(-c2ccc(C)cc2)c2c1CN(C(=O)NCCCl)CC2.